The normalized spacial score (nSPS) is 10.6. The molecule has 2 aromatic carbocycles. The molecular weight excluding hydrogens is 240 g/mol. The van der Waals surface area contributed by atoms with Crippen LogP contribution in [-0.2, 0) is 20.7 Å². The molecule has 0 fully saturated rings. The van der Waals surface area contributed by atoms with Crippen LogP contribution in [-0.4, -0.2) is 25.8 Å². The molecule has 0 aromatic heterocycles. The molecule has 0 heterocycles. The van der Waals surface area contributed by atoms with Crippen molar-refractivity contribution in [3.63, 3.8) is 0 Å². The first-order valence-corrected chi connectivity index (χ1v) is 6.50. The number of benzene rings is 2. The van der Waals surface area contributed by atoms with Gasteiger partial charge in [0, 0.05) is 0 Å². The van der Waals surface area contributed by atoms with Crippen molar-refractivity contribution in [2.45, 2.75) is 13.3 Å². The first-order valence-electron chi connectivity index (χ1n) is 6.50. The third-order valence-electron chi connectivity index (χ3n) is 2.87. The second kappa shape index (κ2) is 6.90. The van der Waals surface area contributed by atoms with E-state index < -0.39 is 0 Å². The Bertz CT molecular complexity index is 548. The van der Waals surface area contributed by atoms with Gasteiger partial charge in [-0.3, -0.25) is 0 Å². The van der Waals surface area contributed by atoms with Crippen molar-refractivity contribution in [3.05, 3.63) is 48.0 Å². The van der Waals surface area contributed by atoms with Crippen molar-refractivity contribution in [2.75, 3.05) is 19.8 Å². The molecule has 0 aliphatic heterocycles. The molecule has 0 N–H and O–H groups in total. The summed E-state index contributed by atoms with van der Waals surface area (Å²) in [5.74, 6) is -0.305. The van der Waals surface area contributed by atoms with Crippen LogP contribution < -0.4 is 0 Å². The van der Waals surface area contributed by atoms with Gasteiger partial charge >= 0.3 is 5.97 Å². The topological polar surface area (TPSA) is 35.5 Å². The van der Waals surface area contributed by atoms with Crippen LogP contribution in [0.25, 0.3) is 10.8 Å². The van der Waals surface area contributed by atoms with Crippen molar-refractivity contribution in [2.24, 2.45) is 0 Å². The minimum absolute atomic E-state index is 0.0292. The SMILES string of the molecule is CCOC(=O)COCCc1ccc2ccccc2c1. The highest BCUT2D eigenvalue weighted by molar-refractivity contribution is 5.82. The van der Waals surface area contributed by atoms with Crippen molar-refractivity contribution in [3.8, 4) is 0 Å². The highest BCUT2D eigenvalue weighted by Gasteiger charge is 2.01. The van der Waals surface area contributed by atoms with Crippen LogP contribution in [0.15, 0.2) is 42.5 Å². The average Bonchev–Trinajstić information content (AvgIpc) is 2.44. The van der Waals surface area contributed by atoms with Gasteiger partial charge < -0.3 is 9.47 Å². The summed E-state index contributed by atoms with van der Waals surface area (Å²) in [6, 6.07) is 14.6. The molecule has 0 unspecified atom stereocenters. The van der Waals surface area contributed by atoms with E-state index in [9.17, 15) is 4.79 Å². The van der Waals surface area contributed by atoms with Crippen molar-refractivity contribution in [1.82, 2.24) is 0 Å². The number of fused-ring (bicyclic) bond motifs is 1. The lowest BCUT2D eigenvalue weighted by Gasteiger charge is -2.05. The largest absolute Gasteiger partial charge is 0.464 e. The van der Waals surface area contributed by atoms with Crippen molar-refractivity contribution in [1.29, 1.82) is 0 Å². The third kappa shape index (κ3) is 4.07. The standard InChI is InChI=1S/C16H18O3/c1-2-19-16(17)12-18-10-9-13-7-8-14-5-3-4-6-15(14)11-13/h3-8,11H,2,9-10,12H2,1H3. The molecule has 3 nitrogen and oxygen atoms in total. The monoisotopic (exact) mass is 258 g/mol. The summed E-state index contributed by atoms with van der Waals surface area (Å²) in [5, 5.41) is 2.46. The van der Waals surface area contributed by atoms with E-state index in [0.717, 1.165) is 6.42 Å². The van der Waals surface area contributed by atoms with E-state index in [2.05, 4.69) is 30.3 Å². The maximum atomic E-state index is 11.1. The van der Waals surface area contributed by atoms with Crippen LogP contribution in [0.2, 0.25) is 0 Å². The van der Waals surface area contributed by atoms with Gasteiger partial charge in [0.2, 0.25) is 0 Å². The summed E-state index contributed by atoms with van der Waals surface area (Å²) in [6.45, 7) is 2.73. The van der Waals surface area contributed by atoms with Crippen LogP contribution in [0.1, 0.15) is 12.5 Å². The second-order valence-electron chi connectivity index (χ2n) is 4.29. The minimum atomic E-state index is -0.305. The lowest BCUT2D eigenvalue weighted by atomic mass is 10.1. The van der Waals surface area contributed by atoms with Crippen LogP contribution in [0.4, 0.5) is 0 Å². The lowest BCUT2D eigenvalue weighted by Crippen LogP contribution is -2.13. The molecule has 19 heavy (non-hydrogen) atoms. The Morgan fingerprint density at radius 2 is 1.89 bits per heavy atom. The van der Waals surface area contributed by atoms with Crippen LogP contribution >= 0.6 is 0 Å². The van der Waals surface area contributed by atoms with E-state index in [1.54, 1.807) is 6.92 Å². The predicted molar refractivity (Wildman–Crippen MR) is 75.1 cm³/mol. The molecule has 0 spiro atoms. The number of hydrogen-bond acceptors (Lipinski definition) is 3. The van der Waals surface area contributed by atoms with Crippen LogP contribution in [0, 0.1) is 0 Å². The maximum Gasteiger partial charge on any atom is 0.332 e. The summed E-state index contributed by atoms with van der Waals surface area (Å²) in [6.07, 6.45) is 0.796. The third-order valence-corrected chi connectivity index (χ3v) is 2.87. The first-order chi connectivity index (χ1) is 9.29. The Kier molecular flexibility index (Phi) is 4.93. The number of esters is 1. The zero-order valence-electron chi connectivity index (χ0n) is 11.1. The molecule has 0 aliphatic rings. The van der Waals surface area contributed by atoms with E-state index in [4.69, 9.17) is 9.47 Å². The number of rotatable bonds is 6. The zero-order chi connectivity index (χ0) is 13.5. The van der Waals surface area contributed by atoms with Gasteiger partial charge in [0.15, 0.2) is 0 Å². The molecule has 0 saturated carbocycles. The molecule has 0 saturated heterocycles. The van der Waals surface area contributed by atoms with Gasteiger partial charge in [-0.05, 0) is 29.7 Å². The van der Waals surface area contributed by atoms with Crippen LogP contribution in [0.5, 0.6) is 0 Å². The number of carbonyl (C=O) groups excluding carboxylic acids is 1. The fourth-order valence-electron chi connectivity index (χ4n) is 1.94. The number of hydrogen-bond donors (Lipinski definition) is 0. The number of carbonyl (C=O) groups is 1. The van der Waals surface area contributed by atoms with Gasteiger partial charge in [-0.25, -0.2) is 4.79 Å². The van der Waals surface area contributed by atoms with E-state index in [1.165, 1.54) is 16.3 Å². The quantitative estimate of drug-likeness (QED) is 0.590. The van der Waals surface area contributed by atoms with E-state index in [0.29, 0.717) is 13.2 Å². The average molecular weight is 258 g/mol. The molecule has 0 aliphatic carbocycles. The fourth-order valence-corrected chi connectivity index (χ4v) is 1.94. The van der Waals surface area contributed by atoms with Crippen LogP contribution in [0.3, 0.4) is 0 Å². The molecular formula is C16H18O3. The molecule has 3 heteroatoms. The Morgan fingerprint density at radius 3 is 2.68 bits per heavy atom. The van der Waals surface area contributed by atoms with Gasteiger partial charge in [0.05, 0.1) is 13.2 Å². The van der Waals surface area contributed by atoms with Gasteiger partial charge in [-0.15, -0.1) is 0 Å². The molecule has 2 aromatic rings. The molecule has 2 rings (SSSR count). The van der Waals surface area contributed by atoms with Crippen molar-refractivity contribution < 1.29 is 14.3 Å². The van der Waals surface area contributed by atoms with E-state index >= 15 is 0 Å². The summed E-state index contributed by atoms with van der Waals surface area (Å²) in [5.41, 5.74) is 1.21. The number of ether oxygens (including phenoxy) is 2. The highest BCUT2D eigenvalue weighted by Crippen LogP contribution is 2.15. The molecule has 0 amide bonds. The van der Waals surface area contributed by atoms with Crippen molar-refractivity contribution >= 4 is 16.7 Å². The summed E-state index contributed by atoms with van der Waals surface area (Å²) in [7, 11) is 0. The van der Waals surface area contributed by atoms with Gasteiger partial charge in [0.25, 0.3) is 0 Å². The Morgan fingerprint density at radius 1 is 1.11 bits per heavy atom. The summed E-state index contributed by atoms with van der Waals surface area (Å²) < 4.78 is 10.1. The highest BCUT2D eigenvalue weighted by atomic mass is 16.6. The Hall–Kier alpha value is -1.87. The first kappa shape index (κ1) is 13.6. The molecule has 0 bridgehead atoms. The smallest absolute Gasteiger partial charge is 0.332 e. The predicted octanol–water partition coefficient (Wildman–Crippen LogP) is 2.96. The molecule has 0 atom stereocenters. The van der Waals surface area contributed by atoms with Gasteiger partial charge in [-0.1, -0.05) is 42.5 Å². The molecule has 100 valence electrons. The second-order valence-corrected chi connectivity index (χ2v) is 4.29. The Balaban J connectivity index is 1.83. The zero-order valence-corrected chi connectivity index (χ0v) is 11.1. The van der Waals surface area contributed by atoms with Gasteiger partial charge in [-0.2, -0.15) is 0 Å². The van der Waals surface area contributed by atoms with E-state index in [1.807, 2.05) is 12.1 Å². The van der Waals surface area contributed by atoms with E-state index in [-0.39, 0.29) is 12.6 Å². The fraction of sp³-hybridized carbons (Fsp3) is 0.312. The Labute approximate surface area is 113 Å². The summed E-state index contributed by atoms with van der Waals surface area (Å²) >= 11 is 0. The van der Waals surface area contributed by atoms with Gasteiger partial charge in [0.1, 0.15) is 6.61 Å². The summed E-state index contributed by atoms with van der Waals surface area (Å²) in [4.78, 5) is 11.1. The molecule has 0 radical (unpaired) electrons. The minimum Gasteiger partial charge on any atom is -0.464 e. The maximum absolute atomic E-state index is 11.1. The lowest BCUT2D eigenvalue weighted by molar-refractivity contribution is -0.148.